The van der Waals surface area contributed by atoms with Crippen LogP contribution in [-0.4, -0.2) is 215 Å². The molecule has 0 aromatic rings. The number of hydrogen-bond acceptors (Lipinski definition) is 20. The summed E-state index contributed by atoms with van der Waals surface area (Å²) in [4.78, 5) is 38.8. The molecule has 3 fully saturated rings. The summed E-state index contributed by atoms with van der Waals surface area (Å²) in [6, 6.07) is -2.62. The second-order valence-electron chi connectivity index (χ2n) is 33.5. The number of hydrogen-bond donors (Lipinski definition) is 14. The second kappa shape index (κ2) is 67.3. The van der Waals surface area contributed by atoms with Gasteiger partial charge in [0.2, 0.25) is 11.8 Å². The van der Waals surface area contributed by atoms with Crippen LogP contribution in [-0.2, 0) is 42.8 Å². The number of nitrogens with one attached hydrogen (secondary N) is 2. The van der Waals surface area contributed by atoms with Crippen LogP contribution in [0.2, 0.25) is 0 Å². The van der Waals surface area contributed by atoms with E-state index >= 15 is 0 Å². The Kier molecular flexibility index (Phi) is 62.3. The molecule has 0 spiro atoms. The Bertz CT molecular complexity index is 2260. The highest BCUT2D eigenvalue weighted by Gasteiger charge is 2.60. The second-order valence-corrected chi connectivity index (χ2v) is 33.5. The van der Waals surface area contributed by atoms with Crippen molar-refractivity contribution in [1.29, 1.82) is 0 Å². The molecule has 0 aromatic heterocycles. The Hall–Kier alpha value is -2.53. The molecule has 3 rings (SSSR count). The Morgan fingerprint density at radius 1 is 0.464 bits per heavy atom. The molecule has 18 atom stereocenters. The first kappa shape index (κ1) is 104. The third-order valence-electron chi connectivity index (χ3n) is 23.5. The number of ether oxygens (including phenoxy) is 6. The molecule has 18 unspecified atom stereocenters. The van der Waals surface area contributed by atoms with Gasteiger partial charge < -0.3 is 100 Å². The van der Waals surface area contributed by atoms with E-state index < -0.39 is 155 Å². The van der Waals surface area contributed by atoms with Crippen LogP contribution >= 0.6 is 0 Å². The molecule has 14 N–H and O–H groups in total. The summed E-state index contributed by atoms with van der Waals surface area (Å²) < 4.78 is 35.0. The van der Waals surface area contributed by atoms with E-state index in [-0.39, 0.29) is 12.3 Å². The highest BCUT2D eigenvalue weighted by molar-refractivity contribution is 5.77. The van der Waals surface area contributed by atoms with Gasteiger partial charge in [-0.1, -0.05) is 373 Å². The van der Waals surface area contributed by atoms with Crippen molar-refractivity contribution in [2.45, 2.75) is 509 Å². The minimum atomic E-state index is -3.08. The van der Waals surface area contributed by atoms with Crippen LogP contribution in [0.25, 0.3) is 0 Å². The number of aliphatic carboxylic acids is 1. The van der Waals surface area contributed by atoms with Crippen LogP contribution in [0.15, 0.2) is 12.2 Å². The first-order valence-electron chi connectivity index (χ1n) is 46.1. The number of allylic oxidation sites excluding steroid dienone is 1. The van der Waals surface area contributed by atoms with Crippen molar-refractivity contribution in [3.05, 3.63) is 12.2 Å². The molecule has 23 heteroatoms. The average molecular weight is 1600 g/mol. The molecule has 3 heterocycles. The Labute approximate surface area is 677 Å². The van der Waals surface area contributed by atoms with Crippen LogP contribution in [0.5, 0.6) is 0 Å². The zero-order chi connectivity index (χ0) is 81.7. The normalized spacial score (nSPS) is 25.4. The number of carboxylic acids is 1. The Morgan fingerprint density at radius 3 is 1.19 bits per heavy atom. The number of carbonyl (C=O) groups excluding carboxylic acids is 2. The van der Waals surface area contributed by atoms with Gasteiger partial charge in [0.25, 0.3) is 5.79 Å². The largest absolute Gasteiger partial charge is 0.477 e. The lowest BCUT2D eigenvalue weighted by Gasteiger charge is -2.50. The highest BCUT2D eigenvalue weighted by Crippen LogP contribution is 2.39. The standard InChI is InChI=1S/C89H168N2O21/c1-4-6-8-10-12-14-16-18-20-22-24-25-26-27-28-29-30-31-32-33-34-35-36-37-38-39-40-41-42-43-45-47-49-51-53-55-57-59-61-63-76(99)91-70(71(96)62-60-58-56-54-52-50-48-46-44-23-21-19-17-15-13-11-9-7-5-2)68-107-86-81(103)80(102)83(75(67-94)109-86)110-87-82(104)85(79(101)74(66-93)108-87)112-89(88(105)106)64-72(97)77(90-69(3)95)84(111-89)78(100)73(98)65-92/h60,62,70-75,77-87,92-94,96-98,100-104H,4-59,61,63-68H2,1-3H3,(H,90,95)(H,91,99)(H,105,106)/b62-60+. The molecule has 0 aromatic carbocycles. The van der Waals surface area contributed by atoms with Crippen LogP contribution in [0.4, 0.5) is 0 Å². The van der Waals surface area contributed by atoms with E-state index in [1.54, 1.807) is 6.08 Å². The molecule has 112 heavy (non-hydrogen) atoms. The third-order valence-corrected chi connectivity index (χ3v) is 23.5. The van der Waals surface area contributed by atoms with Gasteiger partial charge >= 0.3 is 5.97 Å². The molecular weight excluding hydrogens is 1430 g/mol. The lowest BCUT2D eigenvalue weighted by atomic mass is 9.88. The van der Waals surface area contributed by atoms with Gasteiger partial charge in [0.1, 0.15) is 67.1 Å². The van der Waals surface area contributed by atoms with Crippen molar-refractivity contribution in [2.24, 2.45) is 0 Å². The zero-order valence-corrected chi connectivity index (χ0v) is 70.6. The van der Waals surface area contributed by atoms with Crippen molar-refractivity contribution in [1.82, 2.24) is 10.6 Å². The maximum absolute atomic E-state index is 13.6. The summed E-state index contributed by atoms with van der Waals surface area (Å²) in [5.41, 5.74) is 0. The summed E-state index contributed by atoms with van der Waals surface area (Å²) in [7, 11) is 0. The van der Waals surface area contributed by atoms with Gasteiger partial charge in [-0.3, -0.25) is 9.59 Å². The minimum absolute atomic E-state index is 0.206. The molecule has 660 valence electrons. The van der Waals surface area contributed by atoms with Crippen LogP contribution in [0, 0.1) is 0 Å². The first-order chi connectivity index (χ1) is 54.4. The highest BCUT2D eigenvalue weighted by atomic mass is 16.8. The van der Waals surface area contributed by atoms with Crippen molar-refractivity contribution in [2.75, 3.05) is 26.4 Å². The number of aliphatic hydroxyl groups is 11. The van der Waals surface area contributed by atoms with Gasteiger partial charge in [0.15, 0.2) is 12.6 Å². The molecular formula is C89H168N2O21. The van der Waals surface area contributed by atoms with Crippen molar-refractivity contribution in [3.8, 4) is 0 Å². The van der Waals surface area contributed by atoms with Gasteiger partial charge in [0.05, 0.1) is 50.7 Å². The van der Waals surface area contributed by atoms with Gasteiger partial charge in [-0.25, -0.2) is 4.79 Å². The van der Waals surface area contributed by atoms with Crippen LogP contribution in [0.1, 0.15) is 400 Å². The number of carboxylic acid groups (broad SMARTS) is 1. The maximum atomic E-state index is 13.6. The molecule has 3 aliphatic rings. The first-order valence-corrected chi connectivity index (χ1v) is 46.1. The molecule has 3 saturated heterocycles. The van der Waals surface area contributed by atoms with E-state index in [2.05, 4.69) is 24.5 Å². The molecule has 23 nitrogen and oxygen atoms in total. The molecule has 3 aliphatic heterocycles. The van der Waals surface area contributed by atoms with E-state index in [4.69, 9.17) is 28.4 Å². The van der Waals surface area contributed by atoms with Crippen molar-refractivity contribution in [3.63, 3.8) is 0 Å². The number of carbonyl (C=O) groups is 3. The molecule has 0 bridgehead atoms. The predicted molar refractivity (Wildman–Crippen MR) is 440 cm³/mol. The van der Waals surface area contributed by atoms with Crippen molar-refractivity contribution >= 4 is 17.8 Å². The lowest BCUT2D eigenvalue weighted by molar-refractivity contribution is -0.386. The fourth-order valence-electron chi connectivity index (χ4n) is 16.2. The third kappa shape index (κ3) is 45.6. The van der Waals surface area contributed by atoms with Crippen LogP contribution < -0.4 is 10.6 Å². The molecule has 2 amide bonds. The Morgan fingerprint density at radius 2 is 0.830 bits per heavy atom. The monoisotopic (exact) mass is 1600 g/mol. The van der Waals surface area contributed by atoms with Gasteiger partial charge in [-0.05, 0) is 19.3 Å². The van der Waals surface area contributed by atoms with E-state index in [0.29, 0.717) is 12.8 Å². The van der Waals surface area contributed by atoms with E-state index in [1.807, 2.05) is 6.08 Å². The van der Waals surface area contributed by atoms with Crippen molar-refractivity contribution < 1.29 is 104 Å². The summed E-state index contributed by atoms with van der Waals surface area (Å²) in [5.74, 6) is -6.13. The zero-order valence-electron chi connectivity index (χ0n) is 70.6. The van der Waals surface area contributed by atoms with E-state index in [1.165, 1.54) is 308 Å². The minimum Gasteiger partial charge on any atom is -0.477 e. The number of aliphatic hydroxyl groups excluding tert-OH is 11. The topological polar surface area (TPSA) is 373 Å². The Balaban J connectivity index is 1.39. The predicted octanol–water partition coefficient (Wildman–Crippen LogP) is 14.9. The molecule has 0 aliphatic carbocycles. The fourth-order valence-corrected chi connectivity index (χ4v) is 16.2. The van der Waals surface area contributed by atoms with Gasteiger partial charge in [-0.15, -0.1) is 0 Å². The van der Waals surface area contributed by atoms with Gasteiger partial charge in [-0.2, -0.15) is 0 Å². The van der Waals surface area contributed by atoms with Gasteiger partial charge in [0, 0.05) is 19.8 Å². The number of amides is 2. The quantitative estimate of drug-likeness (QED) is 0.0199. The SMILES string of the molecule is CCCCCCCCCCCCCCCCCCC/C=C/C(O)C(COC1OC(CO)C(OC2OC(CO)C(O)C(OC3(C(=O)O)CC(O)C(NC(C)=O)C(C(O)C(O)CO)O3)C2O)C(O)C1O)NC(=O)CCCCCCCCCCCCCCCCCCCCCCCCCCCCCCCCCCCCCCCCC. The average Bonchev–Trinajstić information content (AvgIpc) is 0.755. The fraction of sp³-hybridized carbons (Fsp3) is 0.944. The molecule has 0 radical (unpaired) electrons. The smallest absolute Gasteiger partial charge is 0.364 e. The van der Waals surface area contributed by atoms with Crippen LogP contribution in [0.3, 0.4) is 0 Å². The summed E-state index contributed by atoms with van der Waals surface area (Å²) in [6.45, 7) is 2.21. The summed E-state index contributed by atoms with van der Waals surface area (Å²) in [6.07, 6.45) is 48.6. The number of unbranched alkanes of at least 4 members (excludes halogenated alkanes) is 55. The van der Waals surface area contributed by atoms with E-state index in [9.17, 15) is 75.7 Å². The summed E-state index contributed by atoms with van der Waals surface area (Å²) >= 11 is 0. The lowest BCUT2D eigenvalue weighted by Crippen LogP contribution is -2.70. The molecule has 0 saturated carbocycles. The number of rotatable bonds is 75. The maximum Gasteiger partial charge on any atom is 0.364 e. The summed E-state index contributed by atoms with van der Waals surface area (Å²) in [5, 5.41) is 137. The van der Waals surface area contributed by atoms with E-state index in [0.717, 1.165) is 51.9 Å².